The first-order valence-electron chi connectivity index (χ1n) is 4.71. The molecule has 0 aliphatic heterocycles. The summed E-state index contributed by atoms with van der Waals surface area (Å²) in [7, 11) is -3.41. The maximum Gasteiger partial charge on any atom is 0.209 e. The van der Waals surface area contributed by atoms with Crippen LogP contribution in [0.2, 0.25) is 0 Å². The Morgan fingerprint density at radius 2 is 1.86 bits per heavy atom. The average molecular weight is 223 g/mol. The van der Waals surface area contributed by atoms with Crippen molar-refractivity contribution in [2.24, 2.45) is 16.5 Å². The van der Waals surface area contributed by atoms with Crippen LogP contribution in [0.25, 0.3) is 0 Å². The van der Waals surface area contributed by atoms with Crippen LogP contribution >= 0.6 is 0 Å². The lowest BCUT2D eigenvalue weighted by molar-refractivity contribution is 0.0558. The first-order valence-corrected chi connectivity index (χ1v) is 6.42. The van der Waals surface area contributed by atoms with E-state index in [-0.39, 0.29) is 5.75 Å². The molecule has 0 spiro atoms. The third-order valence-electron chi connectivity index (χ3n) is 1.54. The van der Waals surface area contributed by atoms with E-state index in [4.69, 9.17) is 9.88 Å². The molecule has 0 heterocycles. The first kappa shape index (κ1) is 13.9. The zero-order valence-electron chi connectivity index (χ0n) is 9.41. The molecule has 0 aromatic rings. The second-order valence-electron chi connectivity index (χ2n) is 4.88. The van der Waals surface area contributed by atoms with Crippen LogP contribution in [0.4, 0.5) is 0 Å². The molecule has 0 fully saturated rings. The molecule has 0 aromatic heterocycles. The topological polar surface area (TPSA) is 69.4 Å². The standard InChI is InChI=1S/C9H21NO3S/c1-8(2)5-13-6-9(3,4)7-14(10,11)12/h8H,5-7H2,1-4H3,(H2,10,11,12). The molecule has 2 N–H and O–H groups in total. The maximum absolute atomic E-state index is 10.9. The predicted molar refractivity (Wildman–Crippen MR) is 57.4 cm³/mol. The van der Waals surface area contributed by atoms with Crippen LogP contribution in [0.3, 0.4) is 0 Å². The van der Waals surface area contributed by atoms with E-state index in [2.05, 4.69) is 0 Å². The van der Waals surface area contributed by atoms with Crippen LogP contribution in [0.15, 0.2) is 0 Å². The summed E-state index contributed by atoms with van der Waals surface area (Å²) in [6.07, 6.45) is 0. The average Bonchev–Trinajstić information content (AvgIpc) is 1.78. The largest absolute Gasteiger partial charge is 0.381 e. The first-order chi connectivity index (χ1) is 6.12. The Morgan fingerprint density at radius 3 is 2.21 bits per heavy atom. The Kier molecular flexibility index (Phi) is 5.05. The van der Waals surface area contributed by atoms with Crippen LogP contribution in [0.5, 0.6) is 0 Å². The highest BCUT2D eigenvalue weighted by molar-refractivity contribution is 7.89. The van der Waals surface area contributed by atoms with Gasteiger partial charge in [-0.2, -0.15) is 0 Å². The van der Waals surface area contributed by atoms with E-state index in [1.54, 1.807) is 0 Å². The van der Waals surface area contributed by atoms with Crippen molar-refractivity contribution in [3.8, 4) is 0 Å². The second-order valence-corrected chi connectivity index (χ2v) is 6.49. The van der Waals surface area contributed by atoms with Gasteiger partial charge in [0, 0.05) is 12.0 Å². The molecule has 0 saturated carbocycles. The van der Waals surface area contributed by atoms with Crippen LogP contribution in [0.1, 0.15) is 27.7 Å². The highest BCUT2D eigenvalue weighted by Gasteiger charge is 2.24. The monoisotopic (exact) mass is 223 g/mol. The smallest absolute Gasteiger partial charge is 0.209 e. The van der Waals surface area contributed by atoms with Gasteiger partial charge in [0.1, 0.15) is 0 Å². The lowest BCUT2D eigenvalue weighted by Gasteiger charge is -2.23. The van der Waals surface area contributed by atoms with Crippen molar-refractivity contribution in [2.45, 2.75) is 27.7 Å². The van der Waals surface area contributed by atoms with E-state index in [0.29, 0.717) is 19.1 Å². The molecule has 5 heteroatoms. The van der Waals surface area contributed by atoms with Crippen molar-refractivity contribution in [3.05, 3.63) is 0 Å². The van der Waals surface area contributed by atoms with Gasteiger partial charge in [-0.1, -0.05) is 27.7 Å². The fourth-order valence-electron chi connectivity index (χ4n) is 1.16. The Labute approximate surface area is 86.9 Å². The molecule has 14 heavy (non-hydrogen) atoms. The predicted octanol–water partition coefficient (Wildman–Crippen LogP) is 0.974. The van der Waals surface area contributed by atoms with Crippen LogP contribution in [-0.4, -0.2) is 27.4 Å². The van der Waals surface area contributed by atoms with Gasteiger partial charge in [0.05, 0.1) is 12.4 Å². The Morgan fingerprint density at radius 1 is 1.36 bits per heavy atom. The van der Waals surface area contributed by atoms with Gasteiger partial charge in [-0.3, -0.25) is 0 Å². The molecule has 4 nitrogen and oxygen atoms in total. The van der Waals surface area contributed by atoms with Gasteiger partial charge in [-0.15, -0.1) is 0 Å². The quantitative estimate of drug-likeness (QED) is 0.729. The molecule has 86 valence electrons. The third kappa shape index (κ3) is 8.47. The molecule has 0 aromatic carbocycles. The molecule has 0 saturated heterocycles. The highest BCUT2D eigenvalue weighted by atomic mass is 32.2. The normalized spacial score (nSPS) is 13.6. The molecule has 0 rings (SSSR count). The summed E-state index contributed by atoms with van der Waals surface area (Å²) in [5.41, 5.74) is -0.414. The molecular weight excluding hydrogens is 202 g/mol. The number of rotatable bonds is 6. The van der Waals surface area contributed by atoms with E-state index in [0.717, 1.165) is 0 Å². The molecule has 0 aliphatic carbocycles. The molecular formula is C9H21NO3S. The summed E-state index contributed by atoms with van der Waals surface area (Å²) in [5, 5.41) is 4.97. The molecule has 0 atom stereocenters. The van der Waals surface area contributed by atoms with E-state index >= 15 is 0 Å². The number of hydrogen-bond acceptors (Lipinski definition) is 3. The summed E-state index contributed by atoms with van der Waals surface area (Å²) in [5.74, 6) is 0.415. The number of primary sulfonamides is 1. The summed E-state index contributed by atoms with van der Waals surface area (Å²) in [6.45, 7) is 8.82. The Hall–Kier alpha value is -0.130. The zero-order valence-corrected chi connectivity index (χ0v) is 10.2. The van der Waals surface area contributed by atoms with Gasteiger partial charge in [-0.05, 0) is 5.92 Å². The summed E-state index contributed by atoms with van der Waals surface area (Å²) >= 11 is 0. The summed E-state index contributed by atoms with van der Waals surface area (Å²) in [4.78, 5) is 0. The van der Waals surface area contributed by atoms with Crippen molar-refractivity contribution >= 4 is 10.0 Å². The van der Waals surface area contributed by atoms with E-state index in [1.165, 1.54) is 0 Å². The fraction of sp³-hybridized carbons (Fsp3) is 1.00. The fourth-order valence-corrected chi connectivity index (χ4v) is 2.33. The summed E-state index contributed by atoms with van der Waals surface area (Å²) in [6, 6.07) is 0. The van der Waals surface area contributed by atoms with Crippen LogP contribution < -0.4 is 5.14 Å². The Bertz CT molecular complexity index is 257. The third-order valence-corrected chi connectivity index (χ3v) is 2.72. The van der Waals surface area contributed by atoms with Gasteiger partial charge in [0.15, 0.2) is 0 Å². The molecule has 0 amide bonds. The van der Waals surface area contributed by atoms with E-state index < -0.39 is 15.4 Å². The number of ether oxygens (including phenoxy) is 1. The molecule has 0 unspecified atom stereocenters. The van der Waals surface area contributed by atoms with E-state index in [1.807, 2.05) is 27.7 Å². The van der Waals surface area contributed by atoms with Gasteiger partial charge in [-0.25, -0.2) is 13.6 Å². The minimum atomic E-state index is -3.41. The van der Waals surface area contributed by atoms with Gasteiger partial charge in [0.25, 0.3) is 0 Å². The number of hydrogen-bond donors (Lipinski definition) is 1. The minimum absolute atomic E-state index is 0.0436. The lowest BCUT2D eigenvalue weighted by atomic mass is 9.98. The van der Waals surface area contributed by atoms with Crippen molar-refractivity contribution in [2.75, 3.05) is 19.0 Å². The minimum Gasteiger partial charge on any atom is -0.381 e. The number of sulfonamides is 1. The number of nitrogens with two attached hydrogens (primary N) is 1. The van der Waals surface area contributed by atoms with Gasteiger partial charge in [0.2, 0.25) is 10.0 Å². The maximum atomic E-state index is 10.9. The van der Waals surface area contributed by atoms with Crippen molar-refractivity contribution in [1.82, 2.24) is 0 Å². The van der Waals surface area contributed by atoms with Crippen LogP contribution in [-0.2, 0) is 14.8 Å². The zero-order chi connectivity index (χ0) is 11.4. The molecule has 0 bridgehead atoms. The second kappa shape index (κ2) is 5.09. The SMILES string of the molecule is CC(C)COCC(C)(C)CS(N)(=O)=O. The van der Waals surface area contributed by atoms with Crippen molar-refractivity contribution < 1.29 is 13.2 Å². The summed E-state index contributed by atoms with van der Waals surface area (Å²) < 4.78 is 27.1. The molecule has 0 aliphatic rings. The highest BCUT2D eigenvalue weighted by Crippen LogP contribution is 2.17. The van der Waals surface area contributed by atoms with Crippen molar-refractivity contribution in [3.63, 3.8) is 0 Å². The molecule has 0 radical (unpaired) electrons. The van der Waals surface area contributed by atoms with E-state index in [9.17, 15) is 8.42 Å². The lowest BCUT2D eigenvalue weighted by Crippen LogP contribution is -2.33. The van der Waals surface area contributed by atoms with Gasteiger partial charge >= 0.3 is 0 Å². The van der Waals surface area contributed by atoms with Crippen molar-refractivity contribution in [1.29, 1.82) is 0 Å². The van der Waals surface area contributed by atoms with Gasteiger partial charge < -0.3 is 4.74 Å². The van der Waals surface area contributed by atoms with Crippen LogP contribution in [0, 0.1) is 11.3 Å². The Balaban J connectivity index is 3.96.